The molecule has 1 saturated carbocycles. The van der Waals surface area contributed by atoms with Crippen LogP contribution in [-0.4, -0.2) is 24.2 Å². The molecule has 1 saturated heterocycles. The minimum atomic E-state index is -3.13. The number of carbonyl (C=O) groups excluding carboxylic acids is 1. The van der Waals surface area contributed by atoms with Crippen LogP contribution in [0.3, 0.4) is 0 Å². The van der Waals surface area contributed by atoms with Crippen LogP contribution >= 0.6 is 0 Å². The number of fused-ring (bicyclic) bond motifs is 1. The summed E-state index contributed by atoms with van der Waals surface area (Å²) < 4.78 is 22.3. The molecule has 2 fully saturated rings. The van der Waals surface area contributed by atoms with Gasteiger partial charge in [0.2, 0.25) is 0 Å². The second kappa shape index (κ2) is 1.76. The van der Waals surface area contributed by atoms with E-state index in [-0.39, 0.29) is 17.6 Å². The number of carbonyl (C=O) groups is 1. The van der Waals surface area contributed by atoms with Gasteiger partial charge in [-0.2, -0.15) is 0 Å². The number of hydrogen-bond acceptors (Lipinski definition) is 3. The van der Waals surface area contributed by atoms with Gasteiger partial charge in [-0.1, -0.05) is 6.92 Å². The maximum absolute atomic E-state index is 11.5. The Kier molecular flexibility index (Phi) is 1.21. The first-order chi connectivity index (χ1) is 5.32. The van der Waals surface area contributed by atoms with Gasteiger partial charge in [0.05, 0.1) is 4.75 Å². The van der Waals surface area contributed by atoms with Crippen LogP contribution < -0.4 is 0 Å². The average molecular weight is 188 g/mol. The van der Waals surface area contributed by atoms with Gasteiger partial charge in [-0.25, -0.2) is 8.42 Å². The first kappa shape index (κ1) is 8.23. The predicted octanol–water partition coefficient (Wildman–Crippen LogP) is 0.397. The zero-order valence-corrected chi connectivity index (χ0v) is 8.18. The fraction of sp³-hybridized carbons (Fsp3) is 0.875. The molecule has 3 atom stereocenters. The van der Waals surface area contributed by atoms with Crippen molar-refractivity contribution in [2.24, 2.45) is 11.8 Å². The highest BCUT2D eigenvalue weighted by molar-refractivity contribution is 7.95. The van der Waals surface area contributed by atoms with Crippen LogP contribution in [0, 0.1) is 11.8 Å². The van der Waals surface area contributed by atoms with Crippen molar-refractivity contribution in [1.82, 2.24) is 0 Å². The fourth-order valence-electron chi connectivity index (χ4n) is 2.51. The Morgan fingerprint density at radius 3 is 2.25 bits per heavy atom. The molecule has 0 unspecified atom stereocenters. The van der Waals surface area contributed by atoms with E-state index in [1.807, 2.05) is 6.92 Å². The summed E-state index contributed by atoms with van der Waals surface area (Å²) >= 11 is 0. The largest absolute Gasteiger partial charge is 0.298 e. The molecule has 0 radical (unpaired) electrons. The van der Waals surface area contributed by atoms with Crippen molar-refractivity contribution in [1.29, 1.82) is 0 Å². The lowest BCUT2D eigenvalue weighted by Crippen LogP contribution is -2.76. The molecule has 0 aromatic heterocycles. The third-order valence-corrected chi connectivity index (χ3v) is 6.40. The zero-order chi connectivity index (χ0) is 9.31. The van der Waals surface area contributed by atoms with E-state index in [0.717, 1.165) is 0 Å². The van der Waals surface area contributed by atoms with Crippen LogP contribution in [-0.2, 0) is 14.6 Å². The lowest BCUT2D eigenvalue weighted by Gasteiger charge is -2.59. The van der Waals surface area contributed by atoms with Crippen molar-refractivity contribution in [3.05, 3.63) is 0 Å². The molecule has 4 heteroatoms. The van der Waals surface area contributed by atoms with Gasteiger partial charge in [-0.15, -0.1) is 0 Å². The van der Waals surface area contributed by atoms with E-state index in [2.05, 4.69) is 0 Å². The maximum atomic E-state index is 11.5. The van der Waals surface area contributed by atoms with Gasteiger partial charge in [0, 0.05) is 11.8 Å². The molecule has 0 spiro atoms. The van der Waals surface area contributed by atoms with E-state index in [1.165, 1.54) is 0 Å². The topological polar surface area (TPSA) is 51.2 Å². The Balaban J connectivity index is 2.45. The van der Waals surface area contributed by atoms with Crippen LogP contribution in [0.2, 0.25) is 0 Å². The first-order valence-electron chi connectivity index (χ1n) is 4.09. The maximum Gasteiger partial charge on any atom is 0.166 e. The van der Waals surface area contributed by atoms with Gasteiger partial charge >= 0.3 is 0 Å². The lowest BCUT2D eigenvalue weighted by atomic mass is 9.65. The third kappa shape index (κ3) is 0.533. The van der Waals surface area contributed by atoms with Crippen LogP contribution in [0.15, 0.2) is 0 Å². The average Bonchev–Trinajstić information content (AvgIpc) is 1.96. The van der Waals surface area contributed by atoms with E-state index < -0.39 is 19.8 Å². The van der Waals surface area contributed by atoms with Crippen molar-refractivity contribution in [3.8, 4) is 0 Å². The molecule has 0 aromatic rings. The Morgan fingerprint density at radius 1 is 1.33 bits per heavy atom. The molecule has 68 valence electrons. The molecule has 1 aliphatic carbocycles. The summed E-state index contributed by atoms with van der Waals surface area (Å²) in [6.45, 7) is 5.25. The third-order valence-electron chi connectivity index (χ3n) is 3.46. The lowest BCUT2D eigenvalue weighted by molar-refractivity contribution is -0.135. The molecular formula is C8H12O3S. The van der Waals surface area contributed by atoms with Gasteiger partial charge in [-0.3, -0.25) is 4.79 Å². The quantitative estimate of drug-likeness (QED) is 0.553. The summed E-state index contributed by atoms with van der Waals surface area (Å²) in [5, 5.41) is -0.650. The molecule has 1 aliphatic heterocycles. The summed E-state index contributed by atoms with van der Waals surface area (Å²) in [4.78, 5) is 11.1. The first-order valence-corrected chi connectivity index (χ1v) is 5.63. The Morgan fingerprint density at radius 2 is 1.83 bits per heavy atom. The standard InChI is InChI=1S/C8H12O3S/c1-4-5-7(6(4)9)12(10,11)8(5,2)3/h4-5,7H,1-3H3/t4-,5-,7+/m1/s1. The highest BCUT2D eigenvalue weighted by Gasteiger charge is 2.73. The van der Waals surface area contributed by atoms with Crippen LogP contribution in [0.25, 0.3) is 0 Å². The fourth-order valence-corrected chi connectivity index (χ4v) is 5.15. The van der Waals surface area contributed by atoms with Crippen molar-refractivity contribution in [2.75, 3.05) is 0 Å². The minimum absolute atomic E-state index is 0.0477. The molecule has 0 aromatic carbocycles. The second-order valence-electron chi connectivity index (χ2n) is 4.29. The SMILES string of the molecule is C[C@H]1C(=O)[C@@H]2[C@@H]1C(C)(C)S2(=O)=O. The summed E-state index contributed by atoms with van der Waals surface area (Å²) in [6.07, 6.45) is 0. The number of ketones is 1. The molecule has 2 aliphatic rings. The van der Waals surface area contributed by atoms with Gasteiger partial charge in [-0.05, 0) is 13.8 Å². The number of Topliss-reactive ketones (excluding diaryl/α,β-unsaturated/α-hetero) is 1. The summed E-state index contributed by atoms with van der Waals surface area (Å²) in [7, 11) is -3.13. The van der Waals surface area contributed by atoms with Crippen LogP contribution in [0.4, 0.5) is 0 Å². The highest BCUT2D eigenvalue weighted by atomic mass is 32.2. The van der Waals surface area contributed by atoms with Crippen molar-refractivity contribution in [3.63, 3.8) is 0 Å². The molecule has 2 rings (SSSR count). The number of hydrogen-bond donors (Lipinski definition) is 0. The van der Waals surface area contributed by atoms with Crippen LogP contribution in [0.5, 0.6) is 0 Å². The molecule has 12 heavy (non-hydrogen) atoms. The molecule has 1 heterocycles. The van der Waals surface area contributed by atoms with Crippen LogP contribution in [0.1, 0.15) is 20.8 Å². The Hall–Kier alpha value is -0.380. The van der Waals surface area contributed by atoms with Crippen molar-refractivity contribution < 1.29 is 13.2 Å². The number of sulfone groups is 1. The van der Waals surface area contributed by atoms with E-state index in [9.17, 15) is 13.2 Å². The summed E-state index contributed by atoms with van der Waals surface area (Å²) in [5.41, 5.74) is 0. The smallest absolute Gasteiger partial charge is 0.166 e. The van der Waals surface area contributed by atoms with Gasteiger partial charge < -0.3 is 0 Å². The van der Waals surface area contributed by atoms with E-state index >= 15 is 0 Å². The molecule has 0 N–H and O–H groups in total. The van der Waals surface area contributed by atoms with Crippen molar-refractivity contribution in [2.45, 2.75) is 30.8 Å². The summed E-state index contributed by atoms with van der Waals surface area (Å²) in [6, 6.07) is 0. The van der Waals surface area contributed by atoms with Gasteiger partial charge in [0.1, 0.15) is 5.25 Å². The second-order valence-corrected chi connectivity index (χ2v) is 6.94. The van der Waals surface area contributed by atoms with E-state index in [4.69, 9.17) is 0 Å². The van der Waals surface area contributed by atoms with E-state index in [0.29, 0.717) is 0 Å². The predicted molar refractivity (Wildman–Crippen MR) is 44.4 cm³/mol. The minimum Gasteiger partial charge on any atom is -0.298 e. The molecule has 0 bridgehead atoms. The van der Waals surface area contributed by atoms with Gasteiger partial charge in [0.25, 0.3) is 0 Å². The highest BCUT2D eigenvalue weighted by Crippen LogP contribution is 2.57. The summed E-state index contributed by atoms with van der Waals surface area (Å²) in [5.74, 6) is -0.0529. The molecule has 3 nitrogen and oxygen atoms in total. The Bertz CT molecular complexity index is 352. The normalized spacial score (nSPS) is 47.2. The number of rotatable bonds is 0. The zero-order valence-electron chi connectivity index (χ0n) is 7.37. The molecule has 0 amide bonds. The van der Waals surface area contributed by atoms with E-state index in [1.54, 1.807) is 13.8 Å². The molecular weight excluding hydrogens is 176 g/mol. The van der Waals surface area contributed by atoms with Crippen molar-refractivity contribution >= 4 is 15.6 Å². The van der Waals surface area contributed by atoms with Gasteiger partial charge in [0.15, 0.2) is 15.6 Å². The Labute approximate surface area is 72.1 Å². The monoisotopic (exact) mass is 188 g/mol.